The molecule has 0 radical (unpaired) electrons. The van der Waals surface area contributed by atoms with Gasteiger partial charge in [-0.1, -0.05) is 6.07 Å². The number of benzene rings is 2. The fraction of sp³-hybridized carbons (Fsp3) is 0.318. The summed E-state index contributed by atoms with van der Waals surface area (Å²) in [6.45, 7) is 0.368. The molecule has 1 fully saturated rings. The van der Waals surface area contributed by atoms with Crippen LogP contribution in [0.4, 0.5) is 11.4 Å². The van der Waals surface area contributed by atoms with Crippen molar-refractivity contribution >= 4 is 38.9 Å². The summed E-state index contributed by atoms with van der Waals surface area (Å²) in [6.07, 6.45) is -2.75. The van der Waals surface area contributed by atoms with E-state index in [1.54, 1.807) is 30.3 Å². The van der Waals surface area contributed by atoms with Gasteiger partial charge in [0.05, 0.1) is 18.1 Å². The third-order valence-electron chi connectivity index (χ3n) is 5.70. The number of carbonyl (C=O) groups is 2. The molecule has 0 unspecified atom stereocenters. The highest BCUT2D eigenvalue weighted by atomic mass is 32.2. The van der Waals surface area contributed by atoms with E-state index in [0.717, 1.165) is 11.1 Å². The van der Waals surface area contributed by atoms with Gasteiger partial charge in [-0.15, -0.1) is 0 Å². The largest absolute Gasteiger partial charge is 0.384 e. The first kappa shape index (κ1) is 22.9. The molecule has 2 heterocycles. The van der Waals surface area contributed by atoms with Gasteiger partial charge < -0.3 is 25.8 Å². The normalized spacial score (nSPS) is 20.6. The van der Waals surface area contributed by atoms with Gasteiger partial charge in [0.15, 0.2) is 22.0 Å². The van der Waals surface area contributed by atoms with Gasteiger partial charge in [0.25, 0.3) is 11.8 Å². The third-order valence-corrected chi connectivity index (χ3v) is 7.28. The summed E-state index contributed by atoms with van der Waals surface area (Å²) in [6, 6.07) is 11.3. The lowest BCUT2D eigenvalue weighted by Gasteiger charge is -2.34. The van der Waals surface area contributed by atoms with Crippen molar-refractivity contribution in [2.75, 3.05) is 29.1 Å². The Labute approximate surface area is 190 Å². The molecule has 11 heteroatoms. The van der Waals surface area contributed by atoms with E-state index in [-0.39, 0.29) is 30.5 Å². The number of rotatable bonds is 5. The Balaban J connectivity index is 1.46. The lowest BCUT2D eigenvalue weighted by atomic mass is 10.0. The Morgan fingerprint density at radius 2 is 1.94 bits per heavy atom. The number of amides is 2. The van der Waals surface area contributed by atoms with Crippen LogP contribution >= 0.6 is 0 Å². The number of nitrogens with one attached hydrogen (secondary N) is 2. The molecule has 0 aromatic heterocycles. The van der Waals surface area contributed by atoms with Gasteiger partial charge >= 0.3 is 0 Å². The van der Waals surface area contributed by atoms with Crippen molar-refractivity contribution in [1.29, 1.82) is 5.41 Å². The minimum absolute atomic E-state index is 0.0193. The summed E-state index contributed by atoms with van der Waals surface area (Å²) in [7, 11) is -3.10. The number of anilines is 2. The summed E-state index contributed by atoms with van der Waals surface area (Å²) in [5, 5.41) is 20.4. The van der Waals surface area contributed by atoms with Crippen molar-refractivity contribution in [3.8, 4) is 0 Å². The van der Waals surface area contributed by atoms with Crippen LogP contribution in [0.1, 0.15) is 16.7 Å². The van der Waals surface area contributed by atoms with Gasteiger partial charge in [-0.2, -0.15) is 0 Å². The second kappa shape index (κ2) is 8.93. The summed E-state index contributed by atoms with van der Waals surface area (Å²) in [5.41, 5.74) is 8.41. The molecular weight excluding hydrogens is 448 g/mol. The lowest BCUT2D eigenvalue weighted by molar-refractivity contribution is -0.150. The Hall–Kier alpha value is -3.28. The Bertz CT molecular complexity index is 1210. The quantitative estimate of drug-likeness (QED) is 0.356. The van der Waals surface area contributed by atoms with E-state index in [2.05, 4.69) is 5.32 Å². The average Bonchev–Trinajstić information content (AvgIpc) is 2.78. The van der Waals surface area contributed by atoms with E-state index >= 15 is 0 Å². The molecule has 1 saturated heterocycles. The smallest absolute Gasteiger partial charge is 0.259 e. The number of hydrogen-bond donors (Lipinski definition) is 4. The minimum Gasteiger partial charge on any atom is -0.384 e. The molecule has 2 amide bonds. The van der Waals surface area contributed by atoms with Crippen LogP contribution in [-0.2, 0) is 36.3 Å². The Kier molecular flexibility index (Phi) is 6.19. The molecule has 0 saturated carbocycles. The number of ether oxygens (including phenoxy) is 1. The summed E-state index contributed by atoms with van der Waals surface area (Å²) in [4.78, 5) is 27.0. The number of nitrogens with zero attached hydrogens (tertiary/aromatic N) is 1. The molecule has 2 aromatic carbocycles. The molecule has 2 aliphatic heterocycles. The highest BCUT2D eigenvalue weighted by Gasteiger charge is 2.39. The van der Waals surface area contributed by atoms with E-state index < -0.39 is 33.9 Å². The number of aliphatic hydroxyl groups excluding tert-OH is 1. The van der Waals surface area contributed by atoms with Crippen LogP contribution in [0.15, 0.2) is 42.5 Å². The molecule has 2 atom stereocenters. The zero-order chi connectivity index (χ0) is 23.8. The molecule has 2 aliphatic rings. The van der Waals surface area contributed by atoms with E-state index in [0.29, 0.717) is 23.4 Å². The van der Waals surface area contributed by atoms with Gasteiger partial charge in [0.2, 0.25) is 0 Å². The van der Waals surface area contributed by atoms with Gasteiger partial charge in [0.1, 0.15) is 5.84 Å². The first-order chi connectivity index (χ1) is 15.6. The second-order valence-corrected chi connectivity index (χ2v) is 10.2. The zero-order valence-electron chi connectivity index (χ0n) is 17.7. The molecular formula is C22H24N4O6S. The van der Waals surface area contributed by atoms with Gasteiger partial charge in [0, 0.05) is 23.5 Å². The van der Waals surface area contributed by atoms with E-state index in [1.807, 2.05) is 0 Å². The van der Waals surface area contributed by atoms with Crippen LogP contribution in [0.3, 0.4) is 0 Å². The number of aliphatic hydroxyl groups is 1. The van der Waals surface area contributed by atoms with E-state index in [9.17, 15) is 23.1 Å². The predicted molar refractivity (Wildman–Crippen MR) is 122 cm³/mol. The number of carbonyl (C=O) groups excluding carboxylic acids is 2. The number of sulfone groups is 1. The number of fused-ring (bicyclic) bond motifs is 1. The van der Waals surface area contributed by atoms with E-state index in [4.69, 9.17) is 15.9 Å². The van der Waals surface area contributed by atoms with Crippen LogP contribution in [0, 0.1) is 5.41 Å². The van der Waals surface area contributed by atoms with Gasteiger partial charge in [-0.3, -0.25) is 15.0 Å². The van der Waals surface area contributed by atoms with E-state index in [1.165, 1.54) is 17.0 Å². The number of aryl methyl sites for hydroxylation is 1. The first-order valence-electron chi connectivity index (χ1n) is 10.3. The highest BCUT2D eigenvalue weighted by Crippen LogP contribution is 2.28. The summed E-state index contributed by atoms with van der Waals surface area (Å²) >= 11 is 0. The van der Waals surface area contributed by atoms with Crippen molar-refractivity contribution in [2.24, 2.45) is 5.73 Å². The number of hydrogen-bond acceptors (Lipinski definition) is 7. The fourth-order valence-corrected chi connectivity index (χ4v) is 5.33. The molecule has 0 spiro atoms. The van der Waals surface area contributed by atoms with Crippen molar-refractivity contribution in [2.45, 2.75) is 24.4 Å². The van der Waals surface area contributed by atoms with Crippen molar-refractivity contribution in [3.05, 3.63) is 59.2 Å². The summed E-state index contributed by atoms with van der Waals surface area (Å²) < 4.78 is 29.1. The molecule has 10 nitrogen and oxygen atoms in total. The highest BCUT2D eigenvalue weighted by molar-refractivity contribution is 7.90. The molecule has 33 heavy (non-hydrogen) atoms. The average molecular weight is 473 g/mol. The second-order valence-electron chi connectivity index (χ2n) is 8.00. The van der Waals surface area contributed by atoms with Crippen LogP contribution in [0.2, 0.25) is 0 Å². The molecule has 0 bridgehead atoms. The van der Waals surface area contributed by atoms with Crippen molar-refractivity contribution < 1.29 is 27.9 Å². The van der Waals surface area contributed by atoms with Crippen molar-refractivity contribution in [3.63, 3.8) is 0 Å². The minimum atomic E-state index is -3.10. The monoisotopic (exact) mass is 472 g/mol. The van der Waals surface area contributed by atoms with Crippen LogP contribution in [-0.4, -0.2) is 62.3 Å². The number of nitrogen functional groups attached to an aromatic ring is 1. The van der Waals surface area contributed by atoms with Gasteiger partial charge in [-0.05, 0) is 53.9 Å². The fourth-order valence-electron chi connectivity index (χ4n) is 3.90. The SMILES string of the molecule is N=C(N)c1ccc(NC(=O)[C@H](O)[C@H]2OCCN(c3ccc4c(c3)CCS(=O)(=O)C4)C2=O)cc1. The number of morpholine rings is 1. The maximum atomic E-state index is 13.0. The standard InChI is InChI=1S/C22H24N4O6S/c23-20(24)13-1-4-16(5-2-13)25-21(28)18(27)19-22(29)26(8-9-32-19)17-6-3-15-12-33(30,31)10-7-14(15)11-17/h1-6,11,18-19,27H,7-10,12H2,(H3,23,24)(H,25,28)/t18-,19-/m1/s1. The molecule has 2 aromatic rings. The lowest BCUT2D eigenvalue weighted by Crippen LogP contribution is -2.55. The molecule has 5 N–H and O–H groups in total. The first-order valence-corrected chi connectivity index (χ1v) is 12.2. The van der Waals surface area contributed by atoms with Gasteiger partial charge in [-0.25, -0.2) is 8.42 Å². The summed E-state index contributed by atoms with van der Waals surface area (Å²) in [5.74, 6) is -1.43. The number of amidine groups is 1. The Morgan fingerprint density at radius 1 is 1.21 bits per heavy atom. The third kappa shape index (κ3) is 4.90. The molecule has 0 aliphatic carbocycles. The Morgan fingerprint density at radius 3 is 2.64 bits per heavy atom. The zero-order valence-corrected chi connectivity index (χ0v) is 18.5. The molecule has 174 valence electrons. The van der Waals surface area contributed by atoms with Crippen LogP contribution in [0.25, 0.3) is 0 Å². The van der Waals surface area contributed by atoms with Crippen LogP contribution < -0.4 is 16.0 Å². The van der Waals surface area contributed by atoms with Crippen LogP contribution in [0.5, 0.6) is 0 Å². The number of nitrogens with two attached hydrogens (primary N) is 1. The maximum absolute atomic E-state index is 13.0. The molecule has 4 rings (SSSR count). The van der Waals surface area contributed by atoms with Crippen molar-refractivity contribution in [1.82, 2.24) is 0 Å². The topological polar surface area (TPSA) is 163 Å². The maximum Gasteiger partial charge on any atom is 0.259 e. The predicted octanol–water partition coefficient (Wildman–Crippen LogP) is 0.173.